The Labute approximate surface area is 227 Å². The van der Waals surface area contributed by atoms with Gasteiger partial charge < -0.3 is 29.4 Å². The molecule has 4 heterocycles. The number of phenolic OH excluding ortho intramolecular Hbond substituents is 1. The molecule has 3 aliphatic heterocycles. The van der Waals surface area contributed by atoms with E-state index in [0.29, 0.717) is 44.9 Å². The van der Waals surface area contributed by atoms with E-state index in [0.717, 1.165) is 30.8 Å². The number of halogens is 1. The summed E-state index contributed by atoms with van der Waals surface area (Å²) in [5.41, 5.74) is 1.81. The number of carbonyl (C=O) groups excluding carboxylic acids is 1. The number of hydrogen-bond donors (Lipinski definition) is 1. The van der Waals surface area contributed by atoms with Gasteiger partial charge in [0.15, 0.2) is 0 Å². The van der Waals surface area contributed by atoms with Crippen molar-refractivity contribution in [2.75, 3.05) is 56.2 Å². The van der Waals surface area contributed by atoms with E-state index in [9.17, 15) is 19.6 Å². The van der Waals surface area contributed by atoms with Crippen LogP contribution in [0.4, 0.5) is 15.9 Å². The molecule has 0 spiro atoms. The minimum Gasteiger partial charge on any atom is -0.506 e. The molecule has 2 fully saturated rings. The lowest BCUT2D eigenvalue weighted by Crippen LogP contribution is -2.55. The van der Waals surface area contributed by atoms with Crippen LogP contribution in [0.2, 0.25) is 0 Å². The van der Waals surface area contributed by atoms with Crippen LogP contribution < -0.4 is 14.5 Å². The highest BCUT2D eigenvalue weighted by atomic mass is 19.1. The van der Waals surface area contributed by atoms with Crippen molar-refractivity contribution >= 4 is 17.4 Å². The van der Waals surface area contributed by atoms with Gasteiger partial charge in [-0.15, -0.1) is 0 Å². The van der Waals surface area contributed by atoms with Crippen LogP contribution in [-0.4, -0.2) is 89.2 Å². The summed E-state index contributed by atoms with van der Waals surface area (Å²) in [5, 5.41) is 19.8. The van der Waals surface area contributed by atoms with Crippen molar-refractivity contribution in [3.8, 4) is 17.8 Å². The van der Waals surface area contributed by atoms with Crippen molar-refractivity contribution in [1.82, 2.24) is 19.8 Å². The minimum atomic E-state index is -0.490. The van der Waals surface area contributed by atoms with E-state index < -0.39 is 5.82 Å². The number of phenols is 1. The number of piperazine rings is 1. The monoisotopic (exact) mass is 535 g/mol. The van der Waals surface area contributed by atoms with Gasteiger partial charge in [-0.1, -0.05) is 12.6 Å². The highest BCUT2D eigenvalue weighted by Crippen LogP contribution is 2.36. The Morgan fingerprint density at radius 3 is 2.82 bits per heavy atom. The standard InChI is InChI=1S/C28H34FN7O3/c1-3-25(38)36-15-14-35(16-19(36)9-11-30)27-21-10-13-34(26-22(29)7-4-8-24(26)37)17-23(21)31-28(32-27)39-18-20-6-5-12-33(20)2/h3-4,7-8,19-20,37H,1,5-6,9-10,12-18H2,2H3/t19-,20-/m0/s1. The van der Waals surface area contributed by atoms with Crippen LogP contribution >= 0.6 is 0 Å². The van der Waals surface area contributed by atoms with Crippen LogP contribution in [0, 0.1) is 17.1 Å². The van der Waals surface area contributed by atoms with Gasteiger partial charge in [0.2, 0.25) is 5.91 Å². The topological polar surface area (TPSA) is 109 Å². The van der Waals surface area contributed by atoms with Crippen LogP contribution in [0.5, 0.6) is 11.8 Å². The number of likely N-dealkylation sites (N-methyl/N-ethyl adjacent to an activating group) is 1. The van der Waals surface area contributed by atoms with Gasteiger partial charge in [-0.3, -0.25) is 4.79 Å². The average molecular weight is 536 g/mol. The maximum atomic E-state index is 14.7. The number of rotatable bonds is 7. The molecule has 11 heteroatoms. The second-order valence-corrected chi connectivity index (χ2v) is 10.3. The molecule has 1 N–H and O–H groups in total. The highest BCUT2D eigenvalue weighted by molar-refractivity contribution is 5.87. The first kappa shape index (κ1) is 26.7. The second-order valence-electron chi connectivity index (χ2n) is 10.3. The molecule has 0 unspecified atom stereocenters. The fraction of sp³-hybridized carbons (Fsp3) is 0.500. The molecular weight excluding hydrogens is 501 g/mol. The SMILES string of the molecule is C=CC(=O)N1CCN(c2nc(OC[C@@H]3CCCN3C)nc3c2CCN(c2c(O)cccc2F)C3)C[C@@H]1CC#N. The van der Waals surface area contributed by atoms with Crippen molar-refractivity contribution < 1.29 is 19.0 Å². The number of anilines is 2. The summed E-state index contributed by atoms with van der Waals surface area (Å²) in [7, 11) is 2.08. The number of amides is 1. The van der Waals surface area contributed by atoms with Crippen molar-refractivity contribution in [2.45, 2.75) is 44.3 Å². The molecule has 206 valence electrons. The van der Waals surface area contributed by atoms with Gasteiger partial charge in [0.25, 0.3) is 0 Å². The summed E-state index contributed by atoms with van der Waals surface area (Å²) in [6.45, 7) is 7.27. The first-order valence-electron chi connectivity index (χ1n) is 13.4. The molecule has 0 radical (unpaired) electrons. The highest BCUT2D eigenvalue weighted by Gasteiger charge is 2.34. The van der Waals surface area contributed by atoms with Gasteiger partial charge in [-0.05, 0) is 51.1 Å². The predicted octanol–water partition coefficient (Wildman–Crippen LogP) is 2.47. The lowest BCUT2D eigenvalue weighted by atomic mass is 10.0. The van der Waals surface area contributed by atoms with Crippen LogP contribution in [0.3, 0.4) is 0 Å². The molecule has 0 bridgehead atoms. The number of likely N-dealkylation sites (tertiary alicyclic amines) is 1. The molecule has 39 heavy (non-hydrogen) atoms. The first-order chi connectivity index (χ1) is 18.9. The largest absolute Gasteiger partial charge is 0.506 e. The summed E-state index contributed by atoms with van der Waals surface area (Å²) < 4.78 is 20.8. The zero-order valence-electron chi connectivity index (χ0n) is 22.2. The lowest BCUT2D eigenvalue weighted by molar-refractivity contribution is -0.128. The quantitative estimate of drug-likeness (QED) is 0.535. The van der Waals surface area contributed by atoms with Crippen LogP contribution in [0.1, 0.15) is 30.5 Å². The zero-order valence-corrected chi connectivity index (χ0v) is 22.2. The smallest absolute Gasteiger partial charge is 0.318 e. The summed E-state index contributed by atoms with van der Waals surface area (Å²) in [6.07, 6.45) is 4.19. The fourth-order valence-corrected chi connectivity index (χ4v) is 5.82. The maximum absolute atomic E-state index is 14.7. The van der Waals surface area contributed by atoms with Crippen LogP contribution in [0.25, 0.3) is 0 Å². The number of aromatic hydroxyl groups is 1. The molecule has 5 rings (SSSR count). The predicted molar refractivity (Wildman–Crippen MR) is 144 cm³/mol. The second kappa shape index (κ2) is 11.5. The molecule has 1 aromatic heterocycles. The third-order valence-electron chi connectivity index (χ3n) is 7.95. The average Bonchev–Trinajstić information content (AvgIpc) is 3.35. The van der Waals surface area contributed by atoms with E-state index in [2.05, 4.69) is 29.5 Å². The number of ether oxygens (including phenoxy) is 1. The zero-order chi connectivity index (χ0) is 27.5. The normalized spacial score (nSPS) is 21.4. The summed E-state index contributed by atoms with van der Waals surface area (Å²) in [6, 6.07) is 6.73. The summed E-state index contributed by atoms with van der Waals surface area (Å²) >= 11 is 0. The Morgan fingerprint density at radius 2 is 2.10 bits per heavy atom. The number of fused-ring (bicyclic) bond motifs is 1. The molecular formula is C28H34FN7O3. The third-order valence-corrected chi connectivity index (χ3v) is 7.95. The van der Waals surface area contributed by atoms with Gasteiger partial charge >= 0.3 is 6.01 Å². The van der Waals surface area contributed by atoms with Gasteiger partial charge in [-0.25, -0.2) is 4.39 Å². The summed E-state index contributed by atoms with van der Waals surface area (Å²) in [4.78, 5) is 29.9. The molecule has 2 atom stereocenters. The number of para-hydroxylation sites is 1. The Hall–Kier alpha value is -3.91. The molecule has 3 aliphatic rings. The van der Waals surface area contributed by atoms with Gasteiger partial charge in [0.05, 0.1) is 30.8 Å². The third kappa shape index (κ3) is 5.47. The molecule has 0 aliphatic carbocycles. The Morgan fingerprint density at radius 1 is 1.26 bits per heavy atom. The van der Waals surface area contributed by atoms with Crippen LogP contribution in [0.15, 0.2) is 30.9 Å². The Balaban J connectivity index is 1.46. The lowest BCUT2D eigenvalue weighted by Gasteiger charge is -2.42. The molecule has 1 aromatic carbocycles. The molecule has 0 saturated carbocycles. The number of aromatic nitrogens is 2. The number of carbonyl (C=O) groups is 1. The van der Waals surface area contributed by atoms with E-state index >= 15 is 0 Å². The summed E-state index contributed by atoms with van der Waals surface area (Å²) in [5.74, 6) is -0.0721. The fourth-order valence-electron chi connectivity index (χ4n) is 5.82. The van der Waals surface area contributed by atoms with E-state index in [1.807, 2.05) is 0 Å². The number of hydrogen-bond acceptors (Lipinski definition) is 9. The molecule has 2 saturated heterocycles. The van der Waals surface area contributed by atoms with Crippen molar-refractivity contribution in [1.29, 1.82) is 5.26 Å². The van der Waals surface area contributed by atoms with Crippen molar-refractivity contribution in [3.63, 3.8) is 0 Å². The van der Waals surface area contributed by atoms with Gasteiger partial charge in [0, 0.05) is 37.8 Å². The first-order valence-corrected chi connectivity index (χ1v) is 13.4. The van der Waals surface area contributed by atoms with E-state index in [4.69, 9.17) is 14.7 Å². The van der Waals surface area contributed by atoms with E-state index in [1.165, 1.54) is 24.3 Å². The number of nitrogens with zero attached hydrogens (tertiary/aromatic N) is 7. The number of nitriles is 1. The van der Waals surface area contributed by atoms with E-state index in [1.54, 1.807) is 9.80 Å². The van der Waals surface area contributed by atoms with Crippen LogP contribution in [-0.2, 0) is 17.8 Å². The van der Waals surface area contributed by atoms with Gasteiger partial charge in [-0.2, -0.15) is 15.2 Å². The van der Waals surface area contributed by atoms with Crippen molar-refractivity contribution in [3.05, 3.63) is 47.9 Å². The maximum Gasteiger partial charge on any atom is 0.318 e. The van der Waals surface area contributed by atoms with E-state index in [-0.39, 0.29) is 48.4 Å². The number of benzene rings is 1. The molecule has 1 amide bonds. The Bertz CT molecular complexity index is 1260. The van der Waals surface area contributed by atoms with Gasteiger partial charge in [0.1, 0.15) is 29.7 Å². The Kier molecular flexibility index (Phi) is 7.84. The minimum absolute atomic E-state index is 0.115. The molecule has 2 aromatic rings. The van der Waals surface area contributed by atoms with Crippen molar-refractivity contribution in [2.24, 2.45) is 0 Å². The molecule has 10 nitrogen and oxygen atoms in total.